The van der Waals surface area contributed by atoms with Gasteiger partial charge in [-0.3, -0.25) is 9.59 Å². The van der Waals surface area contributed by atoms with Gasteiger partial charge < -0.3 is 39.7 Å². The topological polar surface area (TPSA) is 159 Å². The van der Waals surface area contributed by atoms with Gasteiger partial charge in [0.05, 0.1) is 61.9 Å². The molecule has 0 aliphatic carbocycles. The van der Waals surface area contributed by atoms with E-state index < -0.39 is 0 Å². The van der Waals surface area contributed by atoms with Crippen molar-refractivity contribution in [3.63, 3.8) is 0 Å². The minimum absolute atomic E-state index is 0.154. The lowest BCUT2D eigenvalue weighted by atomic mass is 10.1. The van der Waals surface area contributed by atoms with E-state index in [4.69, 9.17) is 9.47 Å². The first kappa shape index (κ1) is 48.3. The largest absolute Gasteiger partial charge is 0.465 e. The second-order valence-electron chi connectivity index (χ2n) is 17.6. The van der Waals surface area contributed by atoms with Gasteiger partial charge in [0.2, 0.25) is 0 Å². The third-order valence-corrected chi connectivity index (χ3v) is 12.4. The predicted molar refractivity (Wildman–Crippen MR) is 265 cm³/mol. The highest BCUT2D eigenvalue weighted by atomic mass is 16.5. The molecule has 0 saturated heterocycles. The van der Waals surface area contributed by atoms with E-state index in [2.05, 4.69) is 89.0 Å². The zero-order valence-electron chi connectivity index (χ0n) is 40.7. The minimum atomic E-state index is -0.384. The highest BCUT2D eigenvalue weighted by molar-refractivity contribution is 6.01. The molecule has 0 fully saturated rings. The molecule has 2 aromatic heterocycles. The first-order chi connectivity index (χ1) is 32.6. The summed E-state index contributed by atoms with van der Waals surface area (Å²) in [5, 5.41) is 15.4. The lowest BCUT2D eigenvalue weighted by Gasteiger charge is -2.21. The highest BCUT2D eigenvalue weighted by Gasteiger charge is 2.32. The quantitative estimate of drug-likeness (QED) is 0.107. The average Bonchev–Trinajstić information content (AvgIpc) is 4.09. The van der Waals surface area contributed by atoms with E-state index >= 15 is 0 Å². The van der Waals surface area contributed by atoms with Crippen LogP contribution in [0.4, 0.5) is 23.0 Å². The van der Waals surface area contributed by atoms with Crippen molar-refractivity contribution in [1.29, 1.82) is 0 Å². The first-order valence-corrected chi connectivity index (χ1v) is 22.7. The number of carbonyl (C=O) groups is 4. The van der Waals surface area contributed by atoms with Crippen LogP contribution in [0, 0.1) is 13.8 Å². The summed E-state index contributed by atoms with van der Waals surface area (Å²) in [6.45, 7) is 12.1. The van der Waals surface area contributed by atoms with Crippen LogP contribution >= 0.6 is 0 Å². The van der Waals surface area contributed by atoms with Crippen molar-refractivity contribution in [3.05, 3.63) is 153 Å². The first-order valence-electron chi connectivity index (χ1n) is 22.7. The van der Waals surface area contributed by atoms with E-state index in [-0.39, 0.29) is 35.8 Å². The van der Waals surface area contributed by atoms with Crippen molar-refractivity contribution < 1.29 is 28.7 Å². The molecule has 16 nitrogen and oxygen atoms in total. The van der Waals surface area contributed by atoms with Crippen LogP contribution in [0.1, 0.15) is 101 Å². The Bertz CT molecular complexity index is 2550. The van der Waals surface area contributed by atoms with Gasteiger partial charge in [0.15, 0.2) is 0 Å². The van der Waals surface area contributed by atoms with E-state index in [1.807, 2.05) is 89.5 Å². The summed E-state index contributed by atoms with van der Waals surface area (Å²) in [6, 6.07) is 30.6. The maximum atomic E-state index is 13.3. The summed E-state index contributed by atoms with van der Waals surface area (Å²) in [4.78, 5) is 58.6. The Morgan fingerprint density at radius 3 is 1.19 bits per heavy atom. The maximum Gasteiger partial charge on any atom is 0.337 e. The second-order valence-corrected chi connectivity index (χ2v) is 17.6. The lowest BCUT2D eigenvalue weighted by molar-refractivity contribution is 0.0592. The predicted octanol–water partition coefficient (Wildman–Crippen LogP) is 7.11. The lowest BCUT2D eigenvalue weighted by Crippen LogP contribution is -2.29. The molecule has 4 aromatic carbocycles. The van der Waals surface area contributed by atoms with Gasteiger partial charge in [-0.05, 0) is 98.5 Å². The molecule has 2 amide bonds. The number of nitrogens with zero attached hydrogens (tertiary/aromatic N) is 8. The van der Waals surface area contributed by atoms with Gasteiger partial charge in [-0.2, -0.15) is 10.2 Å². The molecule has 4 heterocycles. The number of aryl methyl sites for hydroxylation is 2. The van der Waals surface area contributed by atoms with Gasteiger partial charge in [0.25, 0.3) is 11.8 Å². The molecule has 2 aliphatic rings. The van der Waals surface area contributed by atoms with Crippen LogP contribution in [0.15, 0.2) is 97.1 Å². The molecule has 0 unspecified atom stereocenters. The number of nitrogens with one attached hydrogen (secondary N) is 2. The zero-order valence-corrected chi connectivity index (χ0v) is 40.7. The number of fused-ring (bicyclic) bond motifs is 2. The Kier molecular flexibility index (Phi) is 14.9. The van der Waals surface area contributed by atoms with Gasteiger partial charge in [-0.15, -0.1) is 0 Å². The van der Waals surface area contributed by atoms with Crippen molar-refractivity contribution >= 4 is 46.8 Å². The SMILES string of the molecule is COC(=O)c1ccc([C@H](C)NC(=O)c2c(C)nn3c2N(Cc2ccc(N(C)C)cc2)CC3)cc1.COC(=O)c1ccc([C@H](C)NC(=O)c2c(C)nn3c2N(Cc2ccc(N(C)C)cc2)CC3)cc1. The molecular weight excluding hydrogens is 861 g/mol. The summed E-state index contributed by atoms with van der Waals surface area (Å²) >= 11 is 0. The molecule has 356 valence electrons. The number of amides is 2. The van der Waals surface area contributed by atoms with E-state index in [0.717, 1.165) is 60.3 Å². The van der Waals surface area contributed by atoms with Crippen LogP contribution in [0.3, 0.4) is 0 Å². The second kappa shape index (κ2) is 20.9. The fourth-order valence-corrected chi connectivity index (χ4v) is 8.57. The van der Waals surface area contributed by atoms with Crippen LogP contribution in [-0.4, -0.2) is 98.8 Å². The van der Waals surface area contributed by atoms with Crippen molar-refractivity contribution in [2.75, 3.05) is 75.1 Å². The molecule has 2 atom stereocenters. The fraction of sp³-hybridized carbons (Fsp3) is 0.346. The Morgan fingerprint density at radius 2 is 0.882 bits per heavy atom. The molecular formula is C52H62N10O6. The molecule has 6 aromatic rings. The molecule has 68 heavy (non-hydrogen) atoms. The van der Waals surface area contributed by atoms with E-state index in [1.54, 1.807) is 24.3 Å². The molecule has 0 bridgehead atoms. The number of aromatic nitrogens is 4. The van der Waals surface area contributed by atoms with Crippen molar-refractivity contribution in [2.45, 2.75) is 66.0 Å². The van der Waals surface area contributed by atoms with Crippen LogP contribution in [0.2, 0.25) is 0 Å². The number of ether oxygens (including phenoxy) is 2. The maximum absolute atomic E-state index is 13.3. The zero-order chi connectivity index (χ0) is 48.8. The van der Waals surface area contributed by atoms with Crippen LogP contribution < -0.4 is 30.2 Å². The molecule has 0 spiro atoms. The number of anilines is 4. The summed E-state index contributed by atoms with van der Waals surface area (Å²) in [5.74, 6) is 0.646. The summed E-state index contributed by atoms with van der Waals surface area (Å²) in [5.41, 5.74) is 10.1. The minimum Gasteiger partial charge on any atom is -0.465 e. The van der Waals surface area contributed by atoms with Gasteiger partial charge >= 0.3 is 11.9 Å². The molecule has 0 radical (unpaired) electrons. The normalized spacial score (nSPS) is 13.4. The monoisotopic (exact) mass is 922 g/mol. The van der Waals surface area contributed by atoms with Crippen molar-refractivity contribution in [1.82, 2.24) is 30.2 Å². The number of methoxy groups -OCH3 is 2. The Balaban J connectivity index is 0.000000201. The van der Waals surface area contributed by atoms with Crippen molar-refractivity contribution in [3.8, 4) is 0 Å². The van der Waals surface area contributed by atoms with Gasteiger partial charge in [0, 0.05) is 65.7 Å². The number of carbonyl (C=O) groups excluding carboxylic acids is 4. The molecule has 2 N–H and O–H groups in total. The van der Waals surface area contributed by atoms with Gasteiger partial charge in [-0.1, -0.05) is 48.5 Å². The fourth-order valence-electron chi connectivity index (χ4n) is 8.57. The van der Waals surface area contributed by atoms with Crippen LogP contribution in [-0.2, 0) is 35.7 Å². The summed E-state index contributed by atoms with van der Waals surface area (Å²) < 4.78 is 13.3. The Morgan fingerprint density at radius 1 is 0.544 bits per heavy atom. The summed E-state index contributed by atoms with van der Waals surface area (Å²) in [6.07, 6.45) is 0. The third-order valence-electron chi connectivity index (χ3n) is 12.4. The third kappa shape index (κ3) is 10.6. The van der Waals surface area contributed by atoms with Crippen LogP contribution in [0.5, 0.6) is 0 Å². The van der Waals surface area contributed by atoms with Gasteiger partial charge in [0.1, 0.15) is 22.8 Å². The Labute approximate surface area is 398 Å². The molecule has 16 heteroatoms. The molecule has 0 saturated carbocycles. The summed E-state index contributed by atoms with van der Waals surface area (Å²) in [7, 11) is 10.8. The van der Waals surface area contributed by atoms with E-state index in [1.165, 1.54) is 25.3 Å². The van der Waals surface area contributed by atoms with E-state index in [0.29, 0.717) is 46.7 Å². The number of benzene rings is 4. The smallest absolute Gasteiger partial charge is 0.337 e. The number of hydrogen-bond acceptors (Lipinski definition) is 12. The number of esters is 2. The number of rotatable bonds is 14. The van der Waals surface area contributed by atoms with Crippen molar-refractivity contribution in [2.24, 2.45) is 0 Å². The standard InChI is InChI=1S/2C26H31N5O3/c2*1-17(20-8-10-21(11-9-20)26(33)34-5)27-24(32)23-18(2)28-31-15-14-30(25(23)31)16-19-6-12-22(13-7-19)29(3)4/h2*6-13,17H,14-16H2,1-5H3,(H,27,32)/t2*17-/m00/s1. The Hall–Kier alpha value is -7.62. The highest BCUT2D eigenvalue weighted by Crippen LogP contribution is 2.33. The van der Waals surface area contributed by atoms with Gasteiger partial charge in [-0.25, -0.2) is 19.0 Å². The molecule has 2 aliphatic heterocycles. The van der Waals surface area contributed by atoms with E-state index in [9.17, 15) is 19.2 Å². The average molecular weight is 923 g/mol. The number of hydrogen-bond donors (Lipinski definition) is 2. The molecule has 8 rings (SSSR count). The van der Waals surface area contributed by atoms with Crippen LogP contribution in [0.25, 0.3) is 0 Å².